The maximum absolute atomic E-state index is 13.5. The molecule has 1 fully saturated rings. The molecule has 250 valence electrons. The predicted octanol–water partition coefficient (Wildman–Crippen LogP) is 6.89. The van der Waals surface area contributed by atoms with Gasteiger partial charge in [0.2, 0.25) is 0 Å². The van der Waals surface area contributed by atoms with Crippen molar-refractivity contribution in [3.8, 4) is 21.1 Å². The zero-order valence-corrected chi connectivity index (χ0v) is 27.0. The summed E-state index contributed by atoms with van der Waals surface area (Å²) in [5.74, 6) is -1.87. The second kappa shape index (κ2) is 12.9. The van der Waals surface area contributed by atoms with Crippen molar-refractivity contribution in [2.45, 2.75) is 12.4 Å². The van der Waals surface area contributed by atoms with E-state index >= 15 is 0 Å². The second-order valence-corrected chi connectivity index (χ2v) is 12.6. The Hall–Kier alpha value is -4.40. The Morgan fingerprint density at radius 1 is 0.833 bits per heavy atom. The first-order valence-corrected chi connectivity index (χ1v) is 16.1. The number of hydrogen-bond donors (Lipinski definition) is 1. The third-order valence-corrected chi connectivity index (χ3v) is 9.32. The van der Waals surface area contributed by atoms with E-state index in [9.17, 15) is 35.9 Å². The van der Waals surface area contributed by atoms with Crippen molar-refractivity contribution in [3.05, 3.63) is 80.5 Å². The molecule has 7 rings (SSSR count). The van der Waals surface area contributed by atoms with E-state index in [1.54, 1.807) is 35.0 Å². The molecule has 11 nitrogen and oxygen atoms in total. The number of hydrogen-bond acceptors (Lipinski definition) is 9. The second-order valence-electron chi connectivity index (χ2n) is 9.91. The number of halogens is 7. The Bertz CT molecular complexity index is 2120. The quantitative estimate of drug-likeness (QED) is 0.192. The van der Waals surface area contributed by atoms with Gasteiger partial charge in [0.05, 0.1) is 38.8 Å². The number of carboxylic acids is 1. The van der Waals surface area contributed by atoms with Crippen LogP contribution in [0, 0.1) is 0 Å². The lowest BCUT2D eigenvalue weighted by atomic mass is 10.2. The van der Waals surface area contributed by atoms with Gasteiger partial charge < -0.3 is 14.7 Å². The zero-order chi connectivity index (χ0) is 34.4. The molecular formula is C28H18BrF6N7O4S2. The molecule has 6 aromatic heterocycles. The van der Waals surface area contributed by atoms with Crippen LogP contribution in [-0.2, 0) is 17.1 Å². The van der Waals surface area contributed by atoms with E-state index in [1.165, 1.54) is 33.6 Å². The van der Waals surface area contributed by atoms with Crippen LogP contribution in [-0.4, -0.2) is 77.4 Å². The van der Waals surface area contributed by atoms with E-state index in [0.717, 1.165) is 12.1 Å². The maximum Gasteiger partial charge on any atom is 0.433 e. The molecule has 6 aromatic rings. The van der Waals surface area contributed by atoms with Crippen LogP contribution in [0.15, 0.2) is 57.7 Å². The highest BCUT2D eigenvalue weighted by atomic mass is 79.9. The fourth-order valence-corrected chi connectivity index (χ4v) is 6.52. The fourth-order valence-electron chi connectivity index (χ4n) is 4.64. The van der Waals surface area contributed by atoms with E-state index in [2.05, 4.69) is 36.1 Å². The molecule has 20 heteroatoms. The van der Waals surface area contributed by atoms with Gasteiger partial charge in [0.1, 0.15) is 0 Å². The van der Waals surface area contributed by atoms with Crippen LogP contribution >= 0.6 is 38.6 Å². The van der Waals surface area contributed by atoms with Crippen molar-refractivity contribution < 1.29 is 45.8 Å². The summed E-state index contributed by atoms with van der Waals surface area (Å²) in [5.41, 5.74) is -2.55. The lowest BCUT2D eigenvalue weighted by molar-refractivity contribution is -0.143. The summed E-state index contributed by atoms with van der Waals surface area (Å²) in [6.07, 6.45) is -9.33. The Morgan fingerprint density at radius 3 is 1.92 bits per heavy atom. The SMILES string of the molecule is O=C(O)c1nn2c(C(F)(F)F)cc(-c3cccs3)nc2c1Br.O=C(c1cc2nc(-c3cccs3)cc(C(F)(F)F)n2n1)N1CCOCC1. The largest absolute Gasteiger partial charge is 0.476 e. The number of aromatic nitrogens is 6. The highest BCUT2D eigenvalue weighted by molar-refractivity contribution is 9.10. The lowest BCUT2D eigenvalue weighted by Crippen LogP contribution is -2.40. The van der Waals surface area contributed by atoms with Crippen molar-refractivity contribution in [2.24, 2.45) is 0 Å². The van der Waals surface area contributed by atoms with Gasteiger partial charge in [-0.2, -0.15) is 36.5 Å². The first kappa shape index (κ1) is 33.5. The van der Waals surface area contributed by atoms with Crippen LogP contribution in [0.25, 0.3) is 32.4 Å². The number of rotatable bonds is 4. The molecule has 1 amide bonds. The number of fused-ring (bicyclic) bond motifs is 2. The van der Waals surface area contributed by atoms with Gasteiger partial charge in [-0.3, -0.25) is 4.79 Å². The predicted molar refractivity (Wildman–Crippen MR) is 164 cm³/mol. The van der Waals surface area contributed by atoms with Crippen LogP contribution in [0.5, 0.6) is 0 Å². The van der Waals surface area contributed by atoms with Gasteiger partial charge in [-0.05, 0) is 51.0 Å². The Labute approximate surface area is 281 Å². The molecule has 1 aliphatic rings. The normalized spacial score (nSPS) is 13.9. The number of aromatic carboxylic acids is 1. The van der Waals surface area contributed by atoms with Crippen molar-refractivity contribution >= 4 is 61.8 Å². The number of carbonyl (C=O) groups excluding carboxylic acids is 1. The van der Waals surface area contributed by atoms with Crippen molar-refractivity contribution in [1.29, 1.82) is 0 Å². The van der Waals surface area contributed by atoms with Gasteiger partial charge in [0, 0.05) is 19.2 Å². The van der Waals surface area contributed by atoms with Crippen LogP contribution in [0.3, 0.4) is 0 Å². The molecule has 0 unspecified atom stereocenters. The van der Waals surface area contributed by atoms with Gasteiger partial charge in [-0.1, -0.05) is 12.1 Å². The standard InChI is InChI=1S/C16H13F3N4O2S.C12H5BrF3N3O2S/c17-16(18,19)13-8-10(12-2-1-7-26-12)20-14-9-11(21-23(13)14)15(24)22-3-5-25-6-4-22;13-8-9(11(20)21)18-19-7(12(14,15)16)4-5(17-10(8)19)6-2-1-3-22-6/h1-2,7-9H,3-6H2;1-4H,(H,20,21). The Balaban J connectivity index is 0.000000170. The molecule has 1 saturated heterocycles. The van der Waals surface area contributed by atoms with Crippen molar-refractivity contribution in [3.63, 3.8) is 0 Å². The van der Waals surface area contributed by atoms with Gasteiger partial charge in [-0.25, -0.2) is 23.8 Å². The minimum atomic E-state index is -4.70. The van der Waals surface area contributed by atoms with E-state index in [4.69, 9.17) is 9.84 Å². The summed E-state index contributed by atoms with van der Waals surface area (Å²) in [4.78, 5) is 34.6. The van der Waals surface area contributed by atoms with Crippen LogP contribution in [0.4, 0.5) is 26.3 Å². The van der Waals surface area contributed by atoms with Crippen molar-refractivity contribution in [1.82, 2.24) is 34.1 Å². The molecule has 1 aliphatic heterocycles. The summed E-state index contributed by atoms with van der Waals surface area (Å²) in [5, 5.41) is 19.8. The summed E-state index contributed by atoms with van der Waals surface area (Å²) in [6.45, 7) is 1.56. The van der Waals surface area contributed by atoms with Gasteiger partial charge in [0.25, 0.3) is 5.91 Å². The van der Waals surface area contributed by atoms with Crippen molar-refractivity contribution in [2.75, 3.05) is 26.3 Å². The summed E-state index contributed by atoms with van der Waals surface area (Å²) < 4.78 is 86.5. The topological polar surface area (TPSA) is 127 Å². The molecular weight excluding hydrogens is 756 g/mol. The van der Waals surface area contributed by atoms with Crippen LogP contribution in [0.2, 0.25) is 0 Å². The van der Waals surface area contributed by atoms with Crippen LogP contribution in [0.1, 0.15) is 32.4 Å². The molecule has 7 heterocycles. The molecule has 0 aliphatic carbocycles. The number of morpholine rings is 1. The third-order valence-electron chi connectivity index (χ3n) is 6.81. The van der Waals surface area contributed by atoms with E-state index in [1.807, 2.05) is 0 Å². The molecule has 48 heavy (non-hydrogen) atoms. The maximum atomic E-state index is 13.5. The number of amides is 1. The Kier molecular flexibility index (Phi) is 9.00. The van der Waals surface area contributed by atoms with Gasteiger partial charge >= 0.3 is 18.3 Å². The monoisotopic (exact) mass is 773 g/mol. The molecule has 0 saturated carbocycles. The highest BCUT2D eigenvalue weighted by Crippen LogP contribution is 2.36. The van der Waals surface area contributed by atoms with E-state index in [0.29, 0.717) is 45.1 Å². The molecule has 0 atom stereocenters. The first-order valence-electron chi connectivity index (χ1n) is 13.5. The zero-order valence-electron chi connectivity index (χ0n) is 23.8. The molecule has 0 aromatic carbocycles. The summed E-state index contributed by atoms with van der Waals surface area (Å²) in [7, 11) is 0. The Morgan fingerprint density at radius 2 is 1.40 bits per heavy atom. The molecule has 0 radical (unpaired) electrons. The average Bonchev–Trinajstić information content (AvgIpc) is 3.86. The lowest BCUT2D eigenvalue weighted by Gasteiger charge is -2.25. The van der Waals surface area contributed by atoms with E-state index in [-0.39, 0.29) is 32.8 Å². The van der Waals surface area contributed by atoms with Crippen LogP contribution < -0.4 is 0 Å². The van der Waals surface area contributed by atoms with Gasteiger partial charge in [-0.15, -0.1) is 22.7 Å². The summed E-state index contributed by atoms with van der Waals surface area (Å²) >= 11 is 5.48. The highest BCUT2D eigenvalue weighted by Gasteiger charge is 2.37. The van der Waals surface area contributed by atoms with E-state index < -0.39 is 41.3 Å². The first-order chi connectivity index (χ1) is 22.7. The molecule has 0 bridgehead atoms. The number of carbonyl (C=O) groups is 2. The summed E-state index contributed by atoms with van der Waals surface area (Å²) in [6, 6.07) is 9.85. The molecule has 0 spiro atoms. The number of nitrogens with zero attached hydrogens (tertiary/aromatic N) is 7. The average molecular weight is 775 g/mol. The number of thiophene rings is 2. The number of carboxylic acid groups (broad SMARTS) is 1. The number of ether oxygens (including phenoxy) is 1. The third kappa shape index (κ3) is 6.64. The smallest absolute Gasteiger partial charge is 0.433 e. The number of alkyl halides is 6. The molecule has 1 N–H and O–H groups in total. The fraction of sp³-hybridized carbons (Fsp3) is 0.214. The minimum Gasteiger partial charge on any atom is -0.476 e. The van der Waals surface area contributed by atoms with Gasteiger partial charge in [0.15, 0.2) is 34.1 Å². The minimum absolute atomic E-state index is 0.0140.